The second-order valence-corrected chi connectivity index (χ2v) is 5.10. The average molecular weight is 286 g/mol. The highest BCUT2D eigenvalue weighted by Gasteiger charge is 2.26. The van der Waals surface area contributed by atoms with Gasteiger partial charge in [0.25, 0.3) is 5.69 Å². The lowest BCUT2D eigenvalue weighted by Gasteiger charge is -2.29. The number of nitrogens with one attached hydrogen (secondary N) is 1. The van der Waals surface area contributed by atoms with Gasteiger partial charge in [0.15, 0.2) is 0 Å². The van der Waals surface area contributed by atoms with Crippen LogP contribution in [0.4, 0.5) is 5.69 Å². The van der Waals surface area contributed by atoms with E-state index in [0.717, 1.165) is 5.56 Å². The van der Waals surface area contributed by atoms with E-state index in [-0.39, 0.29) is 12.3 Å². The lowest BCUT2D eigenvalue weighted by Crippen LogP contribution is -2.42. The van der Waals surface area contributed by atoms with Gasteiger partial charge in [-0.1, -0.05) is 48.5 Å². The number of aliphatic hydroxyl groups excluding tert-OH is 1. The number of hydrogen-bond acceptors (Lipinski definition) is 4. The summed E-state index contributed by atoms with van der Waals surface area (Å²) in [6.45, 7) is 2.08. The van der Waals surface area contributed by atoms with Crippen LogP contribution in [-0.2, 0) is 12.1 Å². The topological polar surface area (TPSA) is 75.4 Å². The zero-order chi connectivity index (χ0) is 15.3. The molecule has 0 amide bonds. The number of hydrogen-bond donors (Lipinski definition) is 2. The predicted molar refractivity (Wildman–Crippen MR) is 80.8 cm³/mol. The molecule has 110 valence electrons. The van der Waals surface area contributed by atoms with Gasteiger partial charge in [-0.15, -0.1) is 0 Å². The first-order chi connectivity index (χ1) is 10.1. The van der Waals surface area contributed by atoms with E-state index in [2.05, 4.69) is 5.32 Å². The maximum absolute atomic E-state index is 11.0. The molecule has 0 heterocycles. The Balaban J connectivity index is 2.20. The van der Waals surface area contributed by atoms with Crippen molar-refractivity contribution in [1.82, 2.24) is 5.32 Å². The summed E-state index contributed by atoms with van der Waals surface area (Å²) >= 11 is 0. The number of benzene rings is 2. The number of nitrogens with zero attached hydrogens (tertiary/aromatic N) is 1. The van der Waals surface area contributed by atoms with Crippen LogP contribution in [0.2, 0.25) is 0 Å². The minimum absolute atomic E-state index is 0.0818. The van der Waals surface area contributed by atoms with E-state index in [1.807, 2.05) is 37.3 Å². The molecule has 0 saturated heterocycles. The third-order valence-electron chi connectivity index (χ3n) is 3.58. The molecule has 0 saturated carbocycles. The molecule has 0 aliphatic carbocycles. The highest BCUT2D eigenvalue weighted by atomic mass is 16.6. The van der Waals surface area contributed by atoms with Gasteiger partial charge in [-0.3, -0.25) is 10.1 Å². The zero-order valence-corrected chi connectivity index (χ0v) is 11.8. The Bertz CT molecular complexity index is 616. The molecule has 1 atom stereocenters. The number of nitro groups is 1. The SMILES string of the molecule is CC(CO)(NCc1ccccc1[N+](=O)[O-])c1ccccc1. The third-order valence-corrected chi connectivity index (χ3v) is 3.58. The number of rotatable bonds is 6. The Hall–Kier alpha value is -2.24. The van der Waals surface area contributed by atoms with Crippen molar-refractivity contribution in [3.8, 4) is 0 Å². The molecular weight excluding hydrogens is 268 g/mol. The first-order valence-corrected chi connectivity index (χ1v) is 6.70. The minimum atomic E-state index is -0.648. The molecule has 0 spiro atoms. The fourth-order valence-electron chi connectivity index (χ4n) is 2.18. The zero-order valence-electron chi connectivity index (χ0n) is 11.8. The van der Waals surface area contributed by atoms with Crippen LogP contribution in [0.25, 0.3) is 0 Å². The summed E-state index contributed by atoms with van der Waals surface area (Å²) in [5, 5.41) is 23.9. The van der Waals surface area contributed by atoms with Gasteiger partial charge in [0.1, 0.15) is 0 Å². The number of para-hydroxylation sites is 1. The third kappa shape index (κ3) is 3.45. The van der Waals surface area contributed by atoms with E-state index in [1.54, 1.807) is 18.2 Å². The summed E-state index contributed by atoms with van der Waals surface area (Å²) in [6, 6.07) is 16.1. The molecule has 0 bridgehead atoms. The minimum Gasteiger partial charge on any atom is -0.394 e. The van der Waals surface area contributed by atoms with Gasteiger partial charge in [0.2, 0.25) is 0 Å². The van der Waals surface area contributed by atoms with Crippen molar-refractivity contribution in [3.05, 3.63) is 75.8 Å². The predicted octanol–water partition coefficient (Wildman–Crippen LogP) is 2.59. The van der Waals surface area contributed by atoms with Crippen LogP contribution in [0.5, 0.6) is 0 Å². The lowest BCUT2D eigenvalue weighted by atomic mass is 9.92. The second-order valence-electron chi connectivity index (χ2n) is 5.10. The van der Waals surface area contributed by atoms with Crippen LogP contribution in [-0.4, -0.2) is 16.6 Å². The van der Waals surface area contributed by atoms with Gasteiger partial charge < -0.3 is 10.4 Å². The fourth-order valence-corrected chi connectivity index (χ4v) is 2.18. The van der Waals surface area contributed by atoms with Crippen molar-refractivity contribution >= 4 is 5.69 Å². The normalized spacial score (nSPS) is 13.6. The van der Waals surface area contributed by atoms with Gasteiger partial charge in [-0.05, 0) is 12.5 Å². The fraction of sp³-hybridized carbons (Fsp3) is 0.250. The standard InChI is InChI=1S/C16H18N2O3/c1-16(12-19,14-8-3-2-4-9-14)17-11-13-7-5-6-10-15(13)18(20)21/h2-10,17,19H,11-12H2,1H3. The first kappa shape index (κ1) is 15.2. The summed E-state index contributed by atoms with van der Waals surface area (Å²) in [4.78, 5) is 10.6. The van der Waals surface area contributed by atoms with Crippen LogP contribution in [0.1, 0.15) is 18.1 Å². The van der Waals surface area contributed by atoms with Crippen LogP contribution in [0.3, 0.4) is 0 Å². The van der Waals surface area contributed by atoms with Gasteiger partial charge in [-0.25, -0.2) is 0 Å². The van der Waals surface area contributed by atoms with Crippen molar-refractivity contribution in [2.24, 2.45) is 0 Å². The van der Waals surface area contributed by atoms with E-state index < -0.39 is 10.5 Å². The highest BCUT2D eigenvalue weighted by molar-refractivity contribution is 5.40. The molecule has 0 fully saturated rings. The Morgan fingerprint density at radius 3 is 2.38 bits per heavy atom. The van der Waals surface area contributed by atoms with Crippen LogP contribution >= 0.6 is 0 Å². The smallest absolute Gasteiger partial charge is 0.273 e. The monoisotopic (exact) mass is 286 g/mol. The Morgan fingerprint density at radius 2 is 1.76 bits per heavy atom. The summed E-state index contributed by atoms with van der Waals surface area (Å²) in [7, 11) is 0. The molecule has 0 aromatic heterocycles. The largest absolute Gasteiger partial charge is 0.394 e. The molecule has 1 unspecified atom stereocenters. The molecule has 2 aromatic rings. The maximum Gasteiger partial charge on any atom is 0.273 e. The lowest BCUT2D eigenvalue weighted by molar-refractivity contribution is -0.385. The Labute approximate surface area is 123 Å². The van der Waals surface area contributed by atoms with Gasteiger partial charge in [0.05, 0.1) is 17.1 Å². The van der Waals surface area contributed by atoms with Crippen LogP contribution in [0.15, 0.2) is 54.6 Å². The molecule has 5 heteroatoms. The van der Waals surface area contributed by atoms with Gasteiger partial charge in [0, 0.05) is 18.2 Å². The van der Waals surface area contributed by atoms with Crippen molar-refractivity contribution < 1.29 is 10.0 Å². The molecule has 0 aliphatic heterocycles. The van der Waals surface area contributed by atoms with Crippen LogP contribution in [0, 0.1) is 10.1 Å². The molecular formula is C16H18N2O3. The van der Waals surface area contributed by atoms with E-state index in [9.17, 15) is 15.2 Å². The summed E-state index contributed by atoms with van der Waals surface area (Å²) in [5.74, 6) is 0. The number of aliphatic hydroxyl groups is 1. The molecule has 0 radical (unpaired) electrons. The average Bonchev–Trinajstić information content (AvgIpc) is 2.53. The molecule has 2 rings (SSSR count). The Kier molecular flexibility index (Phi) is 4.67. The van der Waals surface area contributed by atoms with Crippen LogP contribution < -0.4 is 5.32 Å². The highest BCUT2D eigenvalue weighted by Crippen LogP contribution is 2.23. The van der Waals surface area contributed by atoms with Gasteiger partial charge in [-0.2, -0.15) is 0 Å². The summed E-state index contributed by atoms with van der Waals surface area (Å²) in [5.41, 5.74) is 0.966. The number of nitro benzene ring substituents is 1. The quantitative estimate of drug-likeness (QED) is 0.632. The summed E-state index contributed by atoms with van der Waals surface area (Å²) < 4.78 is 0. The Morgan fingerprint density at radius 1 is 1.14 bits per heavy atom. The van der Waals surface area contributed by atoms with Crippen molar-refractivity contribution in [2.45, 2.75) is 19.0 Å². The molecule has 21 heavy (non-hydrogen) atoms. The molecule has 0 aliphatic rings. The van der Waals surface area contributed by atoms with E-state index >= 15 is 0 Å². The van der Waals surface area contributed by atoms with Crippen molar-refractivity contribution in [2.75, 3.05) is 6.61 Å². The van der Waals surface area contributed by atoms with Crippen molar-refractivity contribution in [1.29, 1.82) is 0 Å². The first-order valence-electron chi connectivity index (χ1n) is 6.70. The van der Waals surface area contributed by atoms with Crippen molar-refractivity contribution in [3.63, 3.8) is 0 Å². The van der Waals surface area contributed by atoms with Gasteiger partial charge >= 0.3 is 0 Å². The molecule has 2 N–H and O–H groups in total. The maximum atomic E-state index is 11.0. The summed E-state index contributed by atoms with van der Waals surface area (Å²) in [6.07, 6.45) is 0. The van der Waals surface area contributed by atoms with E-state index in [1.165, 1.54) is 6.07 Å². The molecule has 2 aromatic carbocycles. The second kappa shape index (κ2) is 6.47. The van der Waals surface area contributed by atoms with E-state index in [4.69, 9.17) is 0 Å². The van der Waals surface area contributed by atoms with E-state index in [0.29, 0.717) is 12.1 Å². The molecule has 5 nitrogen and oxygen atoms in total.